The Balaban J connectivity index is 2.23. The van der Waals surface area contributed by atoms with E-state index in [2.05, 4.69) is 16.0 Å². The lowest BCUT2D eigenvalue weighted by molar-refractivity contribution is -0.127. The van der Waals surface area contributed by atoms with Crippen molar-refractivity contribution in [2.24, 2.45) is 0 Å². The maximum absolute atomic E-state index is 11.6. The third-order valence-electron chi connectivity index (χ3n) is 2.31. The number of nitrogens with one attached hydrogen (secondary N) is 3. The molecule has 0 bridgehead atoms. The van der Waals surface area contributed by atoms with Crippen LogP contribution >= 0.6 is 0 Å². The van der Waals surface area contributed by atoms with Gasteiger partial charge >= 0.3 is 0 Å². The third-order valence-corrected chi connectivity index (χ3v) is 2.31. The van der Waals surface area contributed by atoms with Crippen molar-refractivity contribution in [3.05, 3.63) is 0 Å². The first kappa shape index (κ1) is 13.0. The number of carbonyl (C=O) groups excluding carboxylic acids is 2. The predicted molar refractivity (Wildman–Crippen MR) is 61.9 cm³/mol. The third kappa shape index (κ3) is 4.61. The average molecular weight is 227 g/mol. The second kappa shape index (κ2) is 5.30. The van der Waals surface area contributed by atoms with Crippen LogP contribution in [0.15, 0.2) is 0 Å². The number of carbonyl (C=O) groups is 2. The molecule has 2 amide bonds. The van der Waals surface area contributed by atoms with Gasteiger partial charge in [0, 0.05) is 5.54 Å². The van der Waals surface area contributed by atoms with Gasteiger partial charge in [0.05, 0.1) is 12.6 Å². The molecule has 16 heavy (non-hydrogen) atoms. The highest BCUT2D eigenvalue weighted by molar-refractivity contribution is 5.87. The molecule has 0 aromatic rings. The molecule has 0 aromatic heterocycles. The van der Waals surface area contributed by atoms with Crippen molar-refractivity contribution in [1.29, 1.82) is 0 Å². The maximum Gasteiger partial charge on any atom is 0.239 e. The quantitative estimate of drug-likeness (QED) is 0.624. The summed E-state index contributed by atoms with van der Waals surface area (Å²) in [6.45, 7) is 6.66. The van der Waals surface area contributed by atoms with Crippen LogP contribution in [0.1, 0.15) is 33.6 Å². The highest BCUT2D eigenvalue weighted by Crippen LogP contribution is 2.04. The van der Waals surface area contributed by atoms with Crippen LogP contribution in [0.3, 0.4) is 0 Å². The van der Waals surface area contributed by atoms with E-state index in [0.717, 1.165) is 19.4 Å². The second-order valence-electron chi connectivity index (χ2n) is 5.16. The molecule has 0 saturated carbocycles. The zero-order chi connectivity index (χ0) is 12.2. The van der Waals surface area contributed by atoms with Crippen molar-refractivity contribution in [2.45, 2.75) is 45.2 Å². The first-order chi connectivity index (χ1) is 7.38. The van der Waals surface area contributed by atoms with Gasteiger partial charge in [-0.3, -0.25) is 9.59 Å². The van der Waals surface area contributed by atoms with Gasteiger partial charge in [0.15, 0.2) is 0 Å². The fourth-order valence-corrected chi connectivity index (χ4v) is 1.66. The van der Waals surface area contributed by atoms with Crippen molar-refractivity contribution >= 4 is 11.8 Å². The van der Waals surface area contributed by atoms with Crippen molar-refractivity contribution < 1.29 is 9.59 Å². The molecule has 1 saturated heterocycles. The summed E-state index contributed by atoms with van der Waals surface area (Å²) in [6, 6.07) is -0.123. The molecule has 92 valence electrons. The number of amides is 2. The van der Waals surface area contributed by atoms with Crippen molar-refractivity contribution in [1.82, 2.24) is 16.0 Å². The molecule has 1 aliphatic heterocycles. The van der Waals surface area contributed by atoms with E-state index in [1.54, 1.807) is 0 Å². The average Bonchev–Trinajstić information content (AvgIpc) is 2.64. The Morgan fingerprint density at radius 1 is 1.38 bits per heavy atom. The van der Waals surface area contributed by atoms with Gasteiger partial charge in [-0.05, 0) is 40.2 Å². The van der Waals surface area contributed by atoms with E-state index in [9.17, 15) is 9.59 Å². The van der Waals surface area contributed by atoms with Crippen molar-refractivity contribution in [3.8, 4) is 0 Å². The lowest BCUT2D eigenvalue weighted by atomic mass is 10.1. The molecular formula is C11H21N3O2. The van der Waals surface area contributed by atoms with Crippen molar-refractivity contribution in [2.75, 3.05) is 13.1 Å². The van der Waals surface area contributed by atoms with Crippen molar-refractivity contribution in [3.63, 3.8) is 0 Å². The van der Waals surface area contributed by atoms with Gasteiger partial charge in [-0.2, -0.15) is 0 Å². The van der Waals surface area contributed by atoms with Crippen LogP contribution in [0.2, 0.25) is 0 Å². The largest absolute Gasteiger partial charge is 0.350 e. The molecule has 0 aromatic carbocycles. The van der Waals surface area contributed by atoms with E-state index in [0.29, 0.717) is 0 Å². The minimum absolute atomic E-state index is 0.0499. The molecule has 1 rings (SSSR count). The molecule has 1 fully saturated rings. The Labute approximate surface area is 96.4 Å². The normalized spacial score (nSPS) is 20.6. The maximum atomic E-state index is 11.6. The predicted octanol–water partition coefficient (Wildman–Crippen LogP) is -0.231. The SMILES string of the molecule is CC(C)(C)NC(=O)CNC(=O)C1CCCN1. The van der Waals surface area contributed by atoms with Crippen LogP contribution in [-0.2, 0) is 9.59 Å². The lowest BCUT2D eigenvalue weighted by Gasteiger charge is -2.20. The fraction of sp³-hybridized carbons (Fsp3) is 0.818. The van der Waals surface area contributed by atoms with Crippen LogP contribution in [0, 0.1) is 0 Å². The standard InChI is InChI=1S/C11H21N3O2/c1-11(2,3)14-9(15)7-13-10(16)8-5-4-6-12-8/h8,12H,4-7H2,1-3H3,(H,13,16)(H,14,15). The summed E-state index contributed by atoms with van der Waals surface area (Å²) in [5, 5.41) is 8.51. The minimum atomic E-state index is -0.257. The molecule has 0 aliphatic carbocycles. The Hall–Kier alpha value is -1.10. The molecule has 1 heterocycles. The van der Waals surface area contributed by atoms with E-state index >= 15 is 0 Å². The summed E-state index contributed by atoms with van der Waals surface area (Å²) in [6.07, 6.45) is 1.87. The molecule has 0 radical (unpaired) electrons. The second-order valence-corrected chi connectivity index (χ2v) is 5.16. The Morgan fingerprint density at radius 3 is 2.56 bits per heavy atom. The molecule has 0 spiro atoms. The highest BCUT2D eigenvalue weighted by atomic mass is 16.2. The Morgan fingerprint density at radius 2 is 2.06 bits per heavy atom. The van der Waals surface area contributed by atoms with Gasteiger partial charge in [0.25, 0.3) is 0 Å². The summed E-state index contributed by atoms with van der Waals surface area (Å²) in [5.74, 6) is -0.236. The molecule has 3 N–H and O–H groups in total. The molecule has 1 aliphatic rings. The summed E-state index contributed by atoms with van der Waals surface area (Å²) in [4.78, 5) is 23.0. The smallest absolute Gasteiger partial charge is 0.239 e. The number of rotatable bonds is 3. The monoisotopic (exact) mass is 227 g/mol. The molecule has 5 nitrogen and oxygen atoms in total. The minimum Gasteiger partial charge on any atom is -0.350 e. The first-order valence-corrected chi connectivity index (χ1v) is 5.70. The number of hydrogen-bond acceptors (Lipinski definition) is 3. The summed E-state index contributed by atoms with van der Waals surface area (Å²) in [7, 11) is 0. The Bertz CT molecular complexity index is 265. The summed E-state index contributed by atoms with van der Waals surface area (Å²) < 4.78 is 0. The molecule has 1 atom stereocenters. The van der Waals surface area contributed by atoms with Crippen LogP contribution < -0.4 is 16.0 Å². The van der Waals surface area contributed by atoms with Crippen LogP contribution in [0.5, 0.6) is 0 Å². The summed E-state index contributed by atoms with van der Waals surface area (Å²) in [5.41, 5.74) is -0.257. The zero-order valence-corrected chi connectivity index (χ0v) is 10.2. The van der Waals surface area contributed by atoms with Crippen LogP contribution in [0.25, 0.3) is 0 Å². The molecule has 1 unspecified atom stereocenters. The highest BCUT2D eigenvalue weighted by Gasteiger charge is 2.22. The van der Waals surface area contributed by atoms with Crippen LogP contribution in [-0.4, -0.2) is 36.5 Å². The zero-order valence-electron chi connectivity index (χ0n) is 10.2. The van der Waals surface area contributed by atoms with E-state index < -0.39 is 0 Å². The molecule has 5 heteroatoms. The molecular weight excluding hydrogens is 206 g/mol. The van der Waals surface area contributed by atoms with Crippen LogP contribution in [0.4, 0.5) is 0 Å². The van der Waals surface area contributed by atoms with Gasteiger partial charge in [0.2, 0.25) is 11.8 Å². The number of hydrogen-bond donors (Lipinski definition) is 3. The van der Waals surface area contributed by atoms with E-state index in [-0.39, 0.29) is 29.9 Å². The van der Waals surface area contributed by atoms with Gasteiger partial charge < -0.3 is 16.0 Å². The van der Waals surface area contributed by atoms with E-state index in [1.165, 1.54) is 0 Å². The van der Waals surface area contributed by atoms with E-state index in [4.69, 9.17) is 0 Å². The lowest BCUT2D eigenvalue weighted by Crippen LogP contribution is -2.48. The van der Waals surface area contributed by atoms with Gasteiger partial charge in [-0.25, -0.2) is 0 Å². The topological polar surface area (TPSA) is 70.2 Å². The summed E-state index contributed by atoms with van der Waals surface area (Å²) >= 11 is 0. The van der Waals surface area contributed by atoms with E-state index in [1.807, 2.05) is 20.8 Å². The Kier molecular flexibility index (Phi) is 4.29. The van der Waals surface area contributed by atoms with Gasteiger partial charge in [-0.15, -0.1) is 0 Å². The van der Waals surface area contributed by atoms with Gasteiger partial charge in [-0.1, -0.05) is 0 Å². The van der Waals surface area contributed by atoms with Gasteiger partial charge in [0.1, 0.15) is 0 Å². The first-order valence-electron chi connectivity index (χ1n) is 5.70. The fourth-order valence-electron chi connectivity index (χ4n) is 1.66.